The molecule has 0 spiro atoms. The Morgan fingerprint density at radius 1 is 1.18 bits per heavy atom. The van der Waals surface area contributed by atoms with Gasteiger partial charge in [-0.2, -0.15) is 0 Å². The van der Waals surface area contributed by atoms with Gasteiger partial charge in [0.15, 0.2) is 0 Å². The van der Waals surface area contributed by atoms with Gasteiger partial charge in [-0.1, -0.05) is 19.3 Å². The second kappa shape index (κ2) is 6.05. The molecule has 4 atom stereocenters. The summed E-state index contributed by atoms with van der Waals surface area (Å²) in [5.74, 6) is 0.0342. The molecule has 98 valence electrons. The van der Waals surface area contributed by atoms with Crippen molar-refractivity contribution in [2.24, 2.45) is 0 Å². The summed E-state index contributed by atoms with van der Waals surface area (Å²) in [5, 5.41) is 3.16. The average molecular weight is 260 g/mol. The number of hydrogen-bond donors (Lipinski definition) is 1. The van der Waals surface area contributed by atoms with E-state index in [4.69, 9.17) is 16.3 Å². The minimum absolute atomic E-state index is 0.0342. The molecule has 3 nitrogen and oxygen atoms in total. The first-order chi connectivity index (χ1) is 8.16. The maximum atomic E-state index is 12.0. The summed E-state index contributed by atoms with van der Waals surface area (Å²) >= 11 is 6.31. The molecule has 0 radical (unpaired) electrons. The van der Waals surface area contributed by atoms with Gasteiger partial charge in [0.25, 0.3) is 0 Å². The van der Waals surface area contributed by atoms with Crippen LogP contribution < -0.4 is 5.32 Å². The molecule has 1 aliphatic carbocycles. The standard InChI is InChI=1S/C13H22ClNO2/c1-9-7-8-12(17-9)13(16)15-11-6-4-2-3-5-10(11)14/h9-12H,2-8H2,1H3,(H,15,16). The summed E-state index contributed by atoms with van der Waals surface area (Å²) in [5.41, 5.74) is 0. The second-order valence-electron chi connectivity index (χ2n) is 5.28. The SMILES string of the molecule is CC1CCC(C(=O)NC2CCCCCC2Cl)O1. The van der Waals surface area contributed by atoms with Gasteiger partial charge in [-0.25, -0.2) is 0 Å². The van der Waals surface area contributed by atoms with Crippen molar-refractivity contribution in [1.82, 2.24) is 5.32 Å². The van der Waals surface area contributed by atoms with Crippen LogP contribution >= 0.6 is 11.6 Å². The summed E-state index contributed by atoms with van der Waals surface area (Å²) in [6.07, 6.45) is 7.36. The first-order valence-corrected chi connectivity index (χ1v) is 7.20. The first kappa shape index (κ1) is 13.2. The van der Waals surface area contributed by atoms with Crippen LogP contribution in [0.15, 0.2) is 0 Å². The lowest BCUT2D eigenvalue weighted by molar-refractivity contribution is -0.132. The van der Waals surface area contributed by atoms with Gasteiger partial charge < -0.3 is 10.1 Å². The van der Waals surface area contributed by atoms with E-state index in [2.05, 4.69) is 5.32 Å². The van der Waals surface area contributed by atoms with E-state index in [1.165, 1.54) is 12.8 Å². The number of rotatable bonds is 2. The maximum Gasteiger partial charge on any atom is 0.249 e. The van der Waals surface area contributed by atoms with Crippen molar-refractivity contribution in [3.05, 3.63) is 0 Å². The Labute approximate surface area is 108 Å². The highest BCUT2D eigenvalue weighted by Gasteiger charge is 2.31. The molecule has 4 heteroatoms. The quantitative estimate of drug-likeness (QED) is 0.612. The zero-order chi connectivity index (χ0) is 12.3. The highest BCUT2D eigenvalue weighted by Crippen LogP contribution is 2.24. The molecule has 1 saturated carbocycles. The highest BCUT2D eigenvalue weighted by molar-refractivity contribution is 6.21. The van der Waals surface area contributed by atoms with Crippen molar-refractivity contribution in [1.29, 1.82) is 0 Å². The maximum absolute atomic E-state index is 12.0. The van der Waals surface area contributed by atoms with Crippen LogP contribution in [0.2, 0.25) is 0 Å². The van der Waals surface area contributed by atoms with E-state index in [9.17, 15) is 4.79 Å². The highest BCUT2D eigenvalue weighted by atomic mass is 35.5. The number of hydrogen-bond acceptors (Lipinski definition) is 2. The predicted octanol–water partition coefficient (Wildman–Crippen LogP) is 2.61. The molecule has 4 unspecified atom stereocenters. The molecule has 1 aliphatic heterocycles. The first-order valence-electron chi connectivity index (χ1n) is 6.76. The average Bonchev–Trinajstić information content (AvgIpc) is 2.63. The summed E-state index contributed by atoms with van der Waals surface area (Å²) in [4.78, 5) is 12.0. The number of carbonyl (C=O) groups is 1. The minimum atomic E-state index is -0.253. The summed E-state index contributed by atoms with van der Waals surface area (Å²) in [6, 6.07) is 0.131. The van der Waals surface area contributed by atoms with Gasteiger partial charge in [0.2, 0.25) is 5.91 Å². The van der Waals surface area contributed by atoms with E-state index in [-0.39, 0.29) is 29.5 Å². The Hall–Kier alpha value is -0.280. The molecule has 1 saturated heterocycles. The van der Waals surface area contributed by atoms with E-state index in [0.29, 0.717) is 0 Å². The van der Waals surface area contributed by atoms with Crippen LogP contribution in [0.3, 0.4) is 0 Å². The van der Waals surface area contributed by atoms with Crippen LogP contribution in [0.5, 0.6) is 0 Å². The Morgan fingerprint density at radius 2 is 1.94 bits per heavy atom. The van der Waals surface area contributed by atoms with Crippen molar-refractivity contribution >= 4 is 17.5 Å². The van der Waals surface area contributed by atoms with Crippen molar-refractivity contribution in [3.8, 4) is 0 Å². The van der Waals surface area contributed by atoms with Gasteiger partial charge in [-0.15, -0.1) is 11.6 Å². The van der Waals surface area contributed by atoms with Crippen molar-refractivity contribution in [2.75, 3.05) is 0 Å². The monoisotopic (exact) mass is 259 g/mol. The molecule has 1 heterocycles. The molecule has 0 aromatic heterocycles. The number of amides is 1. The fraction of sp³-hybridized carbons (Fsp3) is 0.923. The van der Waals surface area contributed by atoms with Crippen LogP contribution in [0.25, 0.3) is 0 Å². The summed E-state index contributed by atoms with van der Waals surface area (Å²) in [6.45, 7) is 2.02. The van der Waals surface area contributed by atoms with E-state index >= 15 is 0 Å². The van der Waals surface area contributed by atoms with Crippen LogP contribution in [0, 0.1) is 0 Å². The zero-order valence-corrected chi connectivity index (χ0v) is 11.2. The fourth-order valence-electron chi connectivity index (χ4n) is 2.70. The third-order valence-corrected chi connectivity index (χ3v) is 4.31. The van der Waals surface area contributed by atoms with E-state index in [0.717, 1.165) is 32.1 Å². The fourth-order valence-corrected chi connectivity index (χ4v) is 3.04. The topological polar surface area (TPSA) is 38.3 Å². The van der Waals surface area contributed by atoms with Crippen molar-refractivity contribution in [3.63, 3.8) is 0 Å². The van der Waals surface area contributed by atoms with Crippen molar-refractivity contribution in [2.45, 2.75) is 75.5 Å². The molecule has 2 fully saturated rings. The van der Waals surface area contributed by atoms with E-state index in [1.54, 1.807) is 0 Å². The van der Waals surface area contributed by atoms with Gasteiger partial charge in [-0.3, -0.25) is 4.79 Å². The Morgan fingerprint density at radius 3 is 2.65 bits per heavy atom. The number of carbonyl (C=O) groups excluding carboxylic acids is 1. The van der Waals surface area contributed by atoms with Gasteiger partial charge >= 0.3 is 0 Å². The van der Waals surface area contributed by atoms with Gasteiger partial charge in [0, 0.05) is 6.04 Å². The van der Waals surface area contributed by atoms with Crippen molar-refractivity contribution < 1.29 is 9.53 Å². The Bertz CT molecular complexity index is 272. The predicted molar refractivity (Wildman–Crippen MR) is 68.2 cm³/mol. The lowest BCUT2D eigenvalue weighted by atomic mass is 10.1. The third kappa shape index (κ3) is 3.59. The summed E-state index contributed by atoms with van der Waals surface area (Å²) < 4.78 is 5.58. The number of nitrogens with one attached hydrogen (secondary N) is 1. The molecular weight excluding hydrogens is 238 g/mol. The van der Waals surface area contributed by atoms with Gasteiger partial charge in [0.1, 0.15) is 6.10 Å². The molecule has 1 amide bonds. The largest absolute Gasteiger partial charge is 0.365 e. The normalized spacial score (nSPS) is 38.7. The number of alkyl halides is 1. The Kier molecular flexibility index (Phi) is 4.69. The van der Waals surface area contributed by atoms with Gasteiger partial charge in [-0.05, 0) is 32.6 Å². The van der Waals surface area contributed by atoms with Gasteiger partial charge in [0.05, 0.1) is 11.5 Å². The smallest absolute Gasteiger partial charge is 0.249 e. The van der Waals surface area contributed by atoms with E-state index in [1.807, 2.05) is 6.92 Å². The van der Waals surface area contributed by atoms with Crippen LogP contribution in [0.1, 0.15) is 51.9 Å². The minimum Gasteiger partial charge on any atom is -0.365 e. The molecule has 17 heavy (non-hydrogen) atoms. The molecule has 2 aliphatic rings. The van der Waals surface area contributed by atoms with Crippen LogP contribution in [0.4, 0.5) is 0 Å². The van der Waals surface area contributed by atoms with Crippen LogP contribution in [-0.4, -0.2) is 29.5 Å². The van der Waals surface area contributed by atoms with Crippen LogP contribution in [-0.2, 0) is 9.53 Å². The molecule has 0 bridgehead atoms. The Balaban J connectivity index is 1.84. The lowest BCUT2D eigenvalue weighted by Crippen LogP contribution is -2.45. The molecular formula is C13H22ClNO2. The molecule has 1 N–H and O–H groups in total. The molecule has 2 rings (SSSR count). The third-order valence-electron chi connectivity index (χ3n) is 3.78. The molecule has 0 aromatic carbocycles. The molecule has 0 aromatic rings. The zero-order valence-electron chi connectivity index (χ0n) is 10.5. The second-order valence-corrected chi connectivity index (χ2v) is 5.84. The summed E-state index contributed by atoms with van der Waals surface area (Å²) in [7, 11) is 0. The number of ether oxygens (including phenoxy) is 1. The number of halogens is 1. The lowest BCUT2D eigenvalue weighted by Gasteiger charge is -2.23. The van der Waals surface area contributed by atoms with E-state index < -0.39 is 0 Å².